The van der Waals surface area contributed by atoms with E-state index in [0.717, 1.165) is 10.7 Å². The van der Waals surface area contributed by atoms with Crippen LogP contribution in [-0.4, -0.2) is 15.3 Å². The Morgan fingerprint density at radius 2 is 2.57 bits per heavy atom. The molecular weight excluding hydrogens is 198 g/mol. The molecule has 14 heavy (non-hydrogen) atoms. The highest BCUT2D eigenvalue weighted by Crippen LogP contribution is 2.10. The second kappa shape index (κ2) is 3.79. The fourth-order valence-corrected chi connectivity index (χ4v) is 1.89. The average molecular weight is 209 g/mol. The van der Waals surface area contributed by atoms with Crippen molar-refractivity contribution in [3.8, 4) is 0 Å². The van der Waals surface area contributed by atoms with Crippen molar-refractivity contribution in [1.29, 1.82) is 0 Å². The number of thiazole rings is 1. The number of aromatic nitrogens is 2. The van der Waals surface area contributed by atoms with Crippen molar-refractivity contribution in [2.24, 2.45) is 0 Å². The molecule has 74 valence electrons. The topological polar surface area (TPSA) is 46.4 Å². The molecule has 0 atom stereocenters. The molecule has 0 fully saturated rings. The van der Waals surface area contributed by atoms with Gasteiger partial charge in [-0.05, 0) is 0 Å². The van der Waals surface area contributed by atoms with Gasteiger partial charge in [-0.2, -0.15) is 0 Å². The van der Waals surface area contributed by atoms with E-state index >= 15 is 0 Å². The maximum Gasteiger partial charge on any atom is 0.220 e. The minimum absolute atomic E-state index is 0.0568. The molecule has 1 N–H and O–H groups in total. The molecule has 2 aromatic heterocycles. The third kappa shape index (κ3) is 1.77. The van der Waals surface area contributed by atoms with Crippen molar-refractivity contribution in [3.63, 3.8) is 0 Å². The zero-order chi connectivity index (χ0) is 9.97. The quantitative estimate of drug-likeness (QED) is 0.831. The van der Waals surface area contributed by atoms with Crippen molar-refractivity contribution in [3.05, 3.63) is 23.5 Å². The van der Waals surface area contributed by atoms with Gasteiger partial charge in [-0.15, -0.1) is 11.3 Å². The van der Waals surface area contributed by atoms with Crippen molar-refractivity contribution >= 4 is 22.2 Å². The average Bonchev–Trinajstić information content (AvgIpc) is 2.73. The maximum atomic E-state index is 11.0. The first-order valence-electron chi connectivity index (χ1n) is 4.47. The summed E-state index contributed by atoms with van der Waals surface area (Å²) in [4.78, 5) is 16.3. The van der Waals surface area contributed by atoms with Crippen LogP contribution in [0, 0.1) is 0 Å². The van der Waals surface area contributed by atoms with Crippen LogP contribution in [-0.2, 0) is 11.3 Å². The molecule has 0 aromatic carbocycles. The lowest BCUT2D eigenvalue weighted by molar-refractivity contribution is -0.120. The Morgan fingerprint density at radius 1 is 1.71 bits per heavy atom. The molecule has 2 aromatic rings. The van der Waals surface area contributed by atoms with E-state index in [1.165, 1.54) is 0 Å². The lowest BCUT2D eigenvalue weighted by Crippen LogP contribution is -2.21. The molecule has 0 spiro atoms. The molecule has 0 bridgehead atoms. The number of hydrogen-bond donors (Lipinski definition) is 1. The zero-order valence-corrected chi connectivity index (χ0v) is 8.67. The van der Waals surface area contributed by atoms with E-state index in [2.05, 4.69) is 10.3 Å². The minimum atomic E-state index is 0.0568. The molecule has 0 aliphatic rings. The summed E-state index contributed by atoms with van der Waals surface area (Å²) < 4.78 is 1.96. The first-order chi connectivity index (χ1) is 6.79. The number of imidazole rings is 1. The van der Waals surface area contributed by atoms with Gasteiger partial charge in [0.05, 0.1) is 12.2 Å². The molecule has 0 radical (unpaired) electrons. The van der Waals surface area contributed by atoms with Gasteiger partial charge >= 0.3 is 0 Å². The summed E-state index contributed by atoms with van der Waals surface area (Å²) in [6, 6.07) is 0. The summed E-state index contributed by atoms with van der Waals surface area (Å²) in [5.74, 6) is 0.0568. The van der Waals surface area contributed by atoms with Gasteiger partial charge in [-0.25, -0.2) is 4.98 Å². The standard InChI is InChI=1S/C9H11N3OS/c1-2-8(13)10-5-7-6-12-3-4-14-9(12)11-7/h3-4,6H,2,5H2,1H3,(H,10,13). The van der Waals surface area contributed by atoms with E-state index < -0.39 is 0 Å². The molecule has 0 saturated heterocycles. The molecule has 0 saturated carbocycles. The Morgan fingerprint density at radius 3 is 3.29 bits per heavy atom. The number of rotatable bonds is 3. The van der Waals surface area contributed by atoms with Crippen molar-refractivity contribution in [2.75, 3.05) is 0 Å². The van der Waals surface area contributed by atoms with Crippen molar-refractivity contribution in [1.82, 2.24) is 14.7 Å². The predicted molar refractivity (Wildman–Crippen MR) is 55.2 cm³/mol. The molecule has 1 amide bonds. The largest absolute Gasteiger partial charge is 0.350 e. The molecule has 0 aliphatic heterocycles. The highest BCUT2D eigenvalue weighted by molar-refractivity contribution is 7.15. The molecular formula is C9H11N3OS. The SMILES string of the molecule is CCC(=O)NCc1cn2ccsc2n1. The van der Waals surface area contributed by atoms with E-state index in [-0.39, 0.29) is 5.91 Å². The number of amides is 1. The van der Waals surface area contributed by atoms with Gasteiger partial charge in [0.15, 0.2) is 4.96 Å². The third-order valence-corrected chi connectivity index (χ3v) is 2.70. The Kier molecular flexibility index (Phi) is 2.49. The van der Waals surface area contributed by atoms with E-state index in [1.807, 2.05) is 29.1 Å². The number of carbonyl (C=O) groups is 1. The fraction of sp³-hybridized carbons (Fsp3) is 0.333. The van der Waals surface area contributed by atoms with Crippen LogP contribution in [0.3, 0.4) is 0 Å². The van der Waals surface area contributed by atoms with Gasteiger partial charge in [0.2, 0.25) is 5.91 Å². The summed E-state index contributed by atoms with van der Waals surface area (Å²) in [5, 5.41) is 4.77. The van der Waals surface area contributed by atoms with Gasteiger partial charge in [-0.1, -0.05) is 6.92 Å². The minimum Gasteiger partial charge on any atom is -0.350 e. The van der Waals surface area contributed by atoms with E-state index in [4.69, 9.17) is 0 Å². The first kappa shape index (κ1) is 9.21. The summed E-state index contributed by atoms with van der Waals surface area (Å²) in [5.41, 5.74) is 0.902. The van der Waals surface area contributed by atoms with Gasteiger partial charge in [0.25, 0.3) is 0 Å². The van der Waals surface area contributed by atoms with Gasteiger partial charge in [0.1, 0.15) is 0 Å². The zero-order valence-electron chi connectivity index (χ0n) is 7.86. The van der Waals surface area contributed by atoms with Gasteiger partial charge in [0, 0.05) is 24.2 Å². The summed E-state index contributed by atoms with van der Waals surface area (Å²) in [7, 11) is 0. The lowest BCUT2D eigenvalue weighted by Gasteiger charge is -1.98. The lowest BCUT2D eigenvalue weighted by atomic mass is 10.4. The summed E-state index contributed by atoms with van der Waals surface area (Å²) in [6.07, 6.45) is 4.40. The number of nitrogens with zero attached hydrogens (tertiary/aromatic N) is 2. The van der Waals surface area contributed by atoms with Crippen LogP contribution >= 0.6 is 11.3 Å². The number of fused-ring (bicyclic) bond motifs is 1. The van der Waals surface area contributed by atoms with E-state index in [0.29, 0.717) is 13.0 Å². The fourth-order valence-electron chi connectivity index (χ4n) is 1.18. The van der Waals surface area contributed by atoms with Crippen LogP contribution in [0.4, 0.5) is 0 Å². The monoisotopic (exact) mass is 209 g/mol. The Bertz CT molecular complexity index is 417. The normalized spacial score (nSPS) is 10.6. The number of hydrogen-bond acceptors (Lipinski definition) is 3. The van der Waals surface area contributed by atoms with Crippen LogP contribution in [0.15, 0.2) is 17.8 Å². The van der Waals surface area contributed by atoms with Crippen LogP contribution in [0.2, 0.25) is 0 Å². The second-order valence-corrected chi connectivity index (χ2v) is 3.83. The molecule has 0 aliphatic carbocycles. The summed E-state index contributed by atoms with van der Waals surface area (Å²) >= 11 is 1.59. The smallest absolute Gasteiger partial charge is 0.220 e. The Balaban J connectivity index is 2.05. The van der Waals surface area contributed by atoms with Crippen LogP contribution in [0.5, 0.6) is 0 Å². The number of nitrogens with one attached hydrogen (secondary N) is 1. The highest BCUT2D eigenvalue weighted by atomic mass is 32.1. The molecule has 2 heterocycles. The van der Waals surface area contributed by atoms with Crippen LogP contribution in [0.1, 0.15) is 19.0 Å². The Labute approximate surface area is 85.6 Å². The maximum absolute atomic E-state index is 11.0. The molecule has 5 heteroatoms. The predicted octanol–water partition coefficient (Wildman–Crippen LogP) is 1.42. The van der Waals surface area contributed by atoms with Crippen molar-refractivity contribution in [2.45, 2.75) is 19.9 Å². The Hall–Kier alpha value is -1.36. The highest BCUT2D eigenvalue weighted by Gasteiger charge is 2.03. The third-order valence-electron chi connectivity index (χ3n) is 1.93. The van der Waals surface area contributed by atoms with Gasteiger partial charge in [-0.3, -0.25) is 9.20 Å². The molecule has 0 unspecified atom stereocenters. The van der Waals surface area contributed by atoms with Gasteiger partial charge < -0.3 is 5.32 Å². The van der Waals surface area contributed by atoms with E-state index in [9.17, 15) is 4.79 Å². The molecule has 4 nitrogen and oxygen atoms in total. The van der Waals surface area contributed by atoms with Crippen molar-refractivity contribution < 1.29 is 4.79 Å². The first-order valence-corrected chi connectivity index (χ1v) is 5.35. The van der Waals surface area contributed by atoms with Crippen LogP contribution < -0.4 is 5.32 Å². The summed E-state index contributed by atoms with van der Waals surface area (Å²) in [6.45, 7) is 2.35. The van der Waals surface area contributed by atoms with E-state index in [1.54, 1.807) is 11.3 Å². The molecule has 2 rings (SSSR count). The van der Waals surface area contributed by atoms with Crippen LogP contribution in [0.25, 0.3) is 4.96 Å². The second-order valence-electron chi connectivity index (χ2n) is 2.96. The number of carbonyl (C=O) groups excluding carboxylic acids is 1.